The van der Waals surface area contributed by atoms with Crippen LogP contribution in [0.2, 0.25) is 0 Å². The van der Waals surface area contributed by atoms with Crippen LogP contribution in [0.25, 0.3) is 0 Å². The number of carbonyl (C=O) groups is 1. The number of anilines is 1. The molecular formula is C17H24N2O2S. The highest BCUT2D eigenvalue weighted by molar-refractivity contribution is 8.01. The van der Waals surface area contributed by atoms with Gasteiger partial charge < -0.3 is 9.84 Å². The summed E-state index contributed by atoms with van der Waals surface area (Å²) in [6, 6.07) is 1.76. The topological polar surface area (TPSA) is 55.1 Å². The Kier molecular flexibility index (Phi) is 3.51. The standard InChI is InChI=1S/C17H24N2O2S/c1-10-3-15(19-21-10)18-16(20)11(2)22-17-7-12-4-13(8-17)6-14(5-12)9-17/h3,11-14H,4-9H2,1-2H3,(H,18,19,20). The molecule has 0 aliphatic heterocycles. The highest BCUT2D eigenvalue weighted by atomic mass is 32.2. The Hall–Kier alpha value is -0.970. The summed E-state index contributed by atoms with van der Waals surface area (Å²) in [6.45, 7) is 3.86. The number of hydrogen-bond donors (Lipinski definition) is 1. The zero-order chi connectivity index (χ0) is 15.3. The summed E-state index contributed by atoms with van der Waals surface area (Å²) in [5.74, 6) is 4.07. The molecule has 4 nitrogen and oxygen atoms in total. The molecule has 4 bridgehead atoms. The lowest BCUT2D eigenvalue weighted by molar-refractivity contribution is -0.115. The Morgan fingerprint density at radius 2 is 1.91 bits per heavy atom. The summed E-state index contributed by atoms with van der Waals surface area (Å²) >= 11 is 1.92. The van der Waals surface area contributed by atoms with Crippen LogP contribution in [-0.4, -0.2) is 21.1 Å². The zero-order valence-corrected chi connectivity index (χ0v) is 14.1. The Bertz CT molecular complexity index is 548. The number of nitrogens with one attached hydrogen (secondary N) is 1. The van der Waals surface area contributed by atoms with Gasteiger partial charge in [-0.1, -0.05) is 5.16 Å². The predicted molar refractivity (Wildman–Crippen MR) is 87.8 cm³/mol. The van der Waals surface area contributed by atoms with Gasteiger partial charge in [0.15, 0.2) is 5.82 Å². The van der Waals surface area contributed by atoms with Crippen LogP contribution in [0.15, 0.2) is 10.6 Å². The van der Waals surface area contributed by atoms with E-state index in [1.54, 1.807) is 6.07 Å². The van der Waals surface area contributed by atoms with Crippen molar-refractivity contribution in [3.63, 3.8) is 0 Å². The fraction of sp³-hybridized carbons (Fsp3) is 0.765. The maximum atomic E-state index is 12.4. The average Bonchev–Trinajstić information content (AvgIpc) is 2.81. The number of nitrogens with zero attached hydrogens (tertiary/aromatic N) is 1. The van der Waals surface area contributed by atoms with Crippen molar-refractivity contribution in [2.24, 2.45) is 17.8 Å². The van der Waals surface area contributed by atoms with Crippen LogP contribution in [0.5, 0.6) is 0 Å². The summed E-state index contributed by atoms with van der Waals surface area (Å²) < 4.78 is 5.37. The molecule has 1 amide bonds. The van der Waals surface area contributed by atoms with E-state index in [0.717, 1.165) is 23.5 Å². The summed E-state index contributed by atoms with van der Waals surface area (Å²) in [4.78, 5) is 12.4. The molecule has 1 heterocycles. The lowest BCUT2D eigenvalue weighted by Gasteiger charge is -2.56. The van der Waals surface area contributed by atoms with E-state index in [1.165, 1.54) is 38.5 Å². The highest BCUT2D eigenvalue weighted by Gasteiger charge is 2.52. The molecule has 4 aliphatic rings. The lowest BCUT2D eigenvalue weighted by atomic mass is 9.56. The second-order valence-corrected chi connectivity index (χ2v) is 9.48. The van der Waals surface area contributed by atoms with Crippen LogP contribution < -0.4 is 5.32 Å². The Morgan fingerprint density at radius 1 is 1.32 bits per heavy atom. The lowest BCUT2D eigenvalue weighted by Crippen LogP contribution is -2.49. The molecule has 5 rings (SSSR count). The molecule has 1 atom stereocenters. The van der Waals surface area contributed by atoms with Crippen LogP contribution in [0, 0.1) is 24.7 Å². The van der Waals surface area contributed by atoms with Crippen molar-refractivity contribution in [1.82, 2.24) is 5.16 Å². The second-order valence-electron chi connectivity index (χ2n) is 7.67. The first-order chi connectivity index (χ1) is 10.5. The molecule has 4 aliphatic carbocycles. The molecule has 1 aromatic rings. The largest absolute Gasteiger partial charge is 0.360 e. The molecule has 22 heavy (non-hydrogen) atoms. The summed E-state index contributed by atoms with van der Waals surface area (Å²) in [5, 5.41) is 6.69. The zero-order valence-electron chi connectivity index (χ0n) is 13.3. The average molecular weight is 320 g/mol. The molecule has 0 saturated heterocycles. The number of aryl methyl sites for hydroxylation is 1. The van der Waals surface area contributed by atoms with Crippen molar-refractivity contribution in [3.05, 3.63) is 11.8 Å². The van der Waals surface area contributed by atoms with Gasteiger partial charge >= 0.3 is 0 Å². The molecule has 120 valence electrons. The summed E-state index contributed by atoms with van der Waals surface area (Å²) in [7, 11) is 0. The molecule has 0 radical (unpaired) electrons. The van der Waals surface area contributed by atoms with Crippen LogP contribution in [0.3, 0.4) is 0 Å². The third-order valence-corrected chi connectivity index (χ3v) is 7.22. The maximum absolute atomic E-state index is 12.4. The van der Waals surface area contributed by atoms with Gasteiger partial charge in [-0.2, -0.15) is 0 Å². The van der Waals surface area contributed by atoms with Gasteiger partial charge in [-0.05, 0) is 70.1 Å². The second kappa shape index (κ2) is 5.29. The van der Waals surface area contributed by atoms with Gasteiger partial charge in [0.2, 0.25) is 5.91 Å². The van der Waals surface area contributed by atoms with Gasteiger partial charge in [0.1, 0.15) is 5.76 Å². The first-order valence-corrected chi connectivity index (χ1v) is 9.31. The van der Waals surface area contributed by atoms with Gasteiger partial charge in [0, 0.05) is 10.8 Å². The molecular weight excluding hydrogens is 296 g/mol. The molecule has 0 aromatic carbocycles. The van der Waals surface area contributed by atoms with E-state index in [0.29, 0.717) is 10.6 Å². The van der Waals surface area contributed by atoms with Crippen LogP contribution >= 0.6 is 11.8 Å². The normalized spacial score (nSPS) is 37.3. The number of thioether (sulfide) groups is 1. The molecule has 0 spiro atoms. The number of aromatic nitrogens is 1. The van der Waals surface area contributed by atoms with E-state index < -0.39 is 0 Å². The van der Waals surface area contributed by atoms with Crippen molar-refractivity contribution in [2.75, 3.05) is 5.32 Å². The number of carbonyl (C=O) groups excluding carboxylic acids is 1. The Labute approximate surface area is 135 Å². The van der Waals surface area contributed by atoms with E-state index in [2.05, 4.69) is 10.5 Å². The van der Waals surface area contributed by atoms with Crippen molar-refractivity contribution >= 4 is 23.5 Å². The van der Waals surface area contributed by atoms with Crippen molar-refractivity contribution in [3.8, 4) is 0 Å². The quantitative estimate of drug-likeness (QED) is 0.910. The van der Waals surface area contributed by atoms with Crippen LogP contribution in [-0.2, 0) is 4.79 Å². The van der Waals surface area contributed by atoms with Crippen LogP contribution in [0.1, 0.15) is 51.2 Å². The first-order valence-electron chi connectivity index (χ1n) is 8.43. The highest BCUT2D eigenvalue weighted by Crippen LogP contribution is 2.61. The molecule has 1 aromatic heterocycles. The monoisotopic (exact) mass is 320 g/mol. The molecule has 4 saturated carbocycles. The SMILES string of the molecule is Cc1cc(NC(=O)C(C)SC23CC4CC(CC(C4)C2)C3)no1. The predicted octanol–water partition coefficient (Wildman–Crippen LogP) is 4.01. The van der Waals surface area contributed by atoms with E-state index >= 15 is 0 Å². The van der Waals surface area contributed by atoms with Crippen LogP contribution in [0.4, 0.5) is 5.82 Å². The fourth-order valence-corrected chi connectivity index (χ4v) is 7.17. The molecule has 1 N–H and O–H groups in total. The third-order valence-electron chi connectivity index (χ3n) is 5.66. The maximum Gasteiger partial charge on any atom is 0.238 e. The smallest absolute Gasteiger partial charge is 0.238 e. The van der Waals surface area contributed by atoms with Crippen molar-refractivity contribution in [1.29, 1.82) is 0 Å². The number of rotatable bonds is 4. The summed E-state index contributed by atoms with van der Waals surface area (Å²) in [5.41, 5.74) is 0. The minimum Gasteiger partial charge on any atom is -0.360 e. The van der Waals surface area contributed by atoms with Crippen molar-refractivity contribution < 1.29 is 9.32 Å². The minimum atomic E-state index is -0.0340. The first kappa shape index (κ1) is 14.6. The van der Waals surface area contributed by atoms with E-state index in [9.17, 15) is 4.79 Å². The summed E-state index contributed by atoms with van der Waals surface area (Å²) in [6.07, 6.45) is 8.30. The number of hydrogen-bond acceptors (Lipinski definition) is 4. The van der Waals surface area contributed by atoms with Gasteiger partial charge in [0.25, 0.3) is 0 Å². The Balaban J connectivity index is 1.41. The van der Waals surface area contributed by atoms with E-state index in [4.69, 9.17) is 4.52 Å². The van der Waals surface area contributed by atoms with Gasteiger partial charge in [0.05, 0.1) is 5.25 Å². The fourth-order valence-electron chi connectivity index (χ4n) is 5.26. The third kappa shape index (κ3) is 2.68. The molecule has 5 heteroatoms. The van der Waals surface area contributed by atoms with Crippen molar-refractivity contribution in [2.45, 2.75) is 62.4 Å². The van der Waals surface area contributed by atoms with Gasteiger partial charge in [-0.25, -0.2) is 0 Å². The Morgan fingerprint density at radius 3 is 2.41 bits per heavy atom. The number of amides is 1. The minimum absolute atomic E-state index is 0.0340. The van der Waals surface area contributed by atoms with E-state index in [-0.39, 0.29) is 11.2 Å². The molecule has 4 fully saturated rings. The van der Waals surface area contributed by atoms with Gasteiger partial charge in [-0.15, -0.1) is 11.8 Å². The molecule has 1 unspecified atom stereocenters. The van der Waals surface area contributed by atoms with Gasteiger partial charge in [-0.3, -0.25) is 4.79 Å². The van der Waals surface area contributed by atoms with E-state index in [1.807, 2.05) is 25.6 Å².